The lowest BCUT2D eigenvalue weighted by Crippen LogP contribution is -2.09. The molecule has 3 rings (SSSR count). The second-order valence-corrected chi connectivity index (χ2v) is 4.35. The average molecular weight is 222 g/mol. The second-order valence-electron chi connectivity index (χ2n) is 3.95. The van der Waals surface area contributed by atoms with Gasteiger partial charge in [-0.3, -0.25) is 9.78 Å². The van der Waals surface area contributed by atoms with E-state index in [2.05, 4.69) is 15.0 Å². The van der Waals surface area contributed by atoms with E-state index in [1.165, 1.54) is 12.8 Å². The molecule has 0 radical (unpaired) electrons. The van der Waals surface area contributed by atoms with Gasteiger partial charge in [-0.25, -0.2) is 4.98 Å². The molecule has 0 bridgehead atoms. The van der Waals surface area contributed by atoms with Crippen LogP contribution >= 0.6 is 12.2 Å². The first kappa shape index (κ1) is 8.84. The zero-order valence-corrected chi connectivity index (χ0v) is 8.80. The third kappa shape index (κ3) is 1.50. The van der Waals surface area contributed by atoms with Gasteiger partial charge >= 0.3 is 0 Å². The summed E-state index contributed by atoms with van der Waals surface area (Å²) in [6.07, 6.45) is 4.23. The Morgan fingerprint density at radius 1 is 1.53 bits per heavy atom. The van der Waals surface area contributed by atoms with Gasteiger partial charge in [0.15, 0.2) is 10.3 Å². The van der Waals surface area contributed by atoms with Crippen molar-refractivity contribution in [1.82, 2.24) is 19.5 Å². The van der Waals surface area contributed by atoms with E-state index in [1.54, 1.807) is 6.33 Å². The quantitative estimate of drug-likeness (QED) is 0.750. The van der Waals surface area contributed by atoms with Gasteiger partial charge in [0.25, 0.3) is 5.56 Å². The molecule has 1 saturated carbocycles. The van der Waals surface area contributed by atoms with E-state index in [-0.39, 0.29) is 5.56 Å². The molecule has 2 aromatic rings. The van der Waals surface area contributed by atoms with Gasteiger partial charge in [0.1, 0.15) is 5.65 Å². The highest BCUT2D eigenvalue weighted by atomic mass is 32.1. The maximum atomic E-state index is 11.5. The molecule has 15 heavy (non-hydrogen) atoms. The summed E-state index contributed by atoms with van der Waals surface area (Å²) in [6, 6.07) is 0. The number of imidazole rings is 1. The molecule has 0 aromatic carbocycles. The number of rotatable bonds is 2. The van der Waals surface area contributed by atoms with Crippen molar-refractivity contribution < 1.29 is 0 Å². The third-order valence-corrected chi connectivity index (χ3v) is 2.87. The van der Waals surface area contributed by atoms with E-state index >= 15 is 0 Å². The number of nitrogens with zero attached hydrogens (tertiary/aromatic N) is 2. The van der Waals surface area contributed by atoms with Gasteiger partial charge < -0.3 is 9.55 Å². The van der Waals surface area contributed by atoms with Crippen molar-refractivity contribution in [2.75, 3.05) is 0 Å². The standard InChI is InChI=1S/C9H10N4OS/c14-8-6-7(11-9(15)12-8)13(4-10-6)3-5-1-2-5/h4-5H,1-3H2,(H2,11,12,14,15). The molecule has 6 heteroatoms. The van der Waals surface area contributed by atoms with Crippen LogP contribution in [0.3, 0.4) is 0 Å². The van der Waals surface area contributed by atoms with Gasteiger partial charge in [-0.05, 0) is 31.0 Å². The highest BCUT2D eigenvalue weighted by molar-refractivity contribution is 7.71. The summed E-state index contributed by atoms with van der Waals surface area (Å²) in [5.74, 6) is 0.739. The zero-order chi connectivity index (χ0) is 10.4. The predicted octanol–water partition coefficient (Wildman–Crippen LogP) is 1.19. The minimum absolute atomic E-state index is 0.219. The molecule has 1 fully saturated rings. The first-order valence-electron chi connectivity index (χ1n) is 4.91. The molecule has 1 aliphatic carbocycles. The van der Waals surface area contributed by atoms with Crippen LogP contribution in [0.1, 0.15) is 12.8 Å². The van der Waals surface area contributed by atoms with E-state index in [9.17, 15) is 4.79 Å². The predicted molar refractivity (Wildman–Crippen MR) is 58.3 cm³/mol. The number of aromatic nitrogens is 4. The van der Waals surface area contributed by atoms with Gasteiger partial charge in [-0.15, -0.1) is 0 Å². The van der Waals surface area contributed by atoms with E-state index in [4.69, 9.17) is 12.2 Å². The van der Waals surface area contributed by atoms with Crippen LogP contribution in [-0.4, -0.2) is 19.5 Å². The number of hydrogen-bond acceptors (Lipinski definition) is 3. The van der Waals surface area contributed by atoms with Crippen molar-refractivity contribution in [2.24, 2.45) is 5.92 Å². The Labute approximate surface area is 90.2 Å². The molecule has 2 heterocycles. The van der Waals surface area contributed by atoms with Crippen molar-refractivity contribution in [2.45, 2.75) is 19.4 Å². The lowest BCUT2D eigenvalue weighted by molar-refractivity contribution is 0.637. The Balaban J connectivity index is 2.22. The average Bonchev–Trinajstić information content (AvgIpc) is 2.89. The van der Waals surface area contributed by atoms with E-state index in [0.29, 0.717) is 10.3 Å². The van der Waals surface area contributed by atoms with Gasteiger partial charge in [-0.2, -0.15) is 0 Å². The fraction of sp³-hybridized carbons (Fsp3) is 0.444. The number of nitrogens with one attached hydrogen (secondary N) is 2. The minimum atomic E-state index is -0.219. The van der Waals surface area contributed by atoms with Crippen LogP contribution in [-0.2, 0) is 6.54 Å². The van der Waals surface area contributed by atoms with Crippen molar-refractivity contribution in [3.63, 3.8) is 0 Å². The number of fused-ring (bicyclic) bond motifs is 1. The summed E-state index contributed by atoms with van der Waals surface area (Å²) in [6.45, 7) is 0.922. The summed E-state index contributed by atoms with van der Waals surface area (Å²) < 4.78 is 2.32. The van der Waals surface area contributed by atoms with Crippen molar-refractivity contribution in [3.8, 4) is 0 Å². The fourth-order valence-electron chi connectivity index (χ4n) is 1.70. The monoisotopic (exact) mass is 222 g/mol. The number of aromatic amines is 2. The summed E-state index contributed by atoms with van der Waals surface area (Å²) in [5.41, 5.74) is 0.947. The molecule has 0 spiro atoms. The maximum Gasteiger partial charge on any atom is 0.279 e. The Bertz CT molecular complexity index is 619. The molecule has 0 atom stereocenters. The van der Waals surface area contributed by atoms with Crippen LogP contribution in [0.15, 0.2) is 11.1 Å². The smallest absolute Gasteiger partial charge is 0.279 e. The van der Waals surface area contributed by atoms with Crippen molar-refractivity contribution in [1.29, 1.82) is 0 Å². The molecule has 2 N–H and O–H groups in total. The summed E-state index contributed by atoms with van der Waals surface area (Å²) in [7, 11) is 0. The molecule has 5 nitrogen and oxygen atoms in total. The van der Waals surface area contributed by atoms with Crippen LogP contribution in [0.25, 0.3) is 11.2 Å². The molecule has 1 aliphatic rings. The topological polar surface area (TPSA) is 66.5 Å². The van der Waals surface area contributed by atoms with Crippen LogP contribution < -0.4 is 5.56 Å². The highest BCUT2D eigenvalue weighted by Gasteiger charge is 2.22. The molecule has 0 amide bonds. The van der Waals surface area contributed by atoms with Crippen LogP contribution in [0.5, 0.6) is 0 Å². The van der Waals surface area contributed by atoms with E-state index < -0.39 is 0 Å². The van der Waals surface area contributed by atoms with Crippen LogP contribution in [0.2, 0.25) is 0 Å². The molecule has 0 saturated heterocycles. The van der Waals surface area contributed by atoms with Crippen LogP contribution in [0, 0.1) is 10.7 Å². The zero-order valence-electron chi connectivity index (χ0n) is 7.99. The van der Waals surface area contributed by atoms with Gasteiger partial charge in [0, 0.05) is 6.54 Å². The summed E-state index contributed by atoms with van der Waals surface area (Å²) in [5, 5.41) is 0. The second kappa shape index (κ2) is 3.03. The molecular weight excluding hydrogens is 212 g/mol. The fourth-order valence-corrected chi connectivity index (χ4v) is 1.89. The lowest BCUT2D eigenvalue weighted by Gasteiger charge is -2.00. The third-order valence-electron chi connectivity index (χ3n) is 2.66. The first-order chi connectivity index (χ1) is 7.24. The molecule has 0 aliphatic heterocycles. The minimum Gasteiger partial charge on any atom is -0.316 e. The largest absolute Gasteiger partial charge is 0.316 e. The molecule has 0 unspecified atom stereocenters. The highest BCUT2D eigenvalue weighted by Crippen LogP contribution is 2.31. The van der Waals surface area contributed by atoms with E-state index in [1.807, 2.05) is 4.57 Å². The SMILES string of the molecule is O=c1[nH]c(=S)[nH]c2c1ncn2CC1CC1. The normalized spacial score (nSPS) is 16.0. The van der Waals surface area contributed by atoms with E-state index in [0.717, 1.165) is 18.1 Å². The summed E-state index contributed by atoms with van der Waals surface area (Å²) in [4.78, 5) is 21.1. The van der Waals surface area contributed by atoms with Gasteiger partial charge in [0.2, 0.25) is 0 Å². The molecular formula is C9H10N4OS. The first-order valence-corrected chi connectivity index (χ1v) is 5.32. The van der Waals surface area contributed by atoms with Crippen molar-refractivity contribution >= 4 is 23.4 Å². The Kier molecular flexibility index (Phi) is 1.79. The number of H-pyrrole nitrogens is 2. The Morgan fingerprint density at radius 3 is 3.07 bits per heavy atom. The molecule has 78 valence electrons. The Hall–Kier alpha value is -1.43. The maximum absolute atomic E-state index is 11.5. The lowest BCUT2D eigenvalue weighted by atomic mass is 10.4. The van der Waals surface area contributed by atoms with Gasteiger partial charge in [0.05, 0.1) is 6.33 Å². The Morgan fingerprint density at radius 2 is 2.33 bits per heavy atom. The van der Waals surface area contributed by atoms with Crippen LogP contribution in [0.4, 0.5) is 0 Å². The number of hydrogen-bond donors (Lipinski definition) is 2. The molecule has 2 aromatic heterocycles. The van der Waals surface area contributed by atoms with Gasteiger partial charge in [-0.1, -0.05) is 0 Å². The summed E-state index contributed by atoms with van der Waals surface area (Å²) >= 11 is 4.93. The van der Waals surface area contributed by atoms with Crippen molar-refractivity contribution in [3.05, 3.63) is 21.5 Å².